The molecule has 2 N–H and O–H groups in total. The van der Waals surface area contributed by atoms with Gasteiger partial charge in [-0.1, -0.05) is 13.8 Å². The van der Waals surface area contributed by atoms with Crippen molar-refractivity contribution in [3.63, 3.8) is 0 Å². The topological polar surface area (TPSA) is 114 Å². The molecule has 0 radical (unpaired) electrons. The predicted octanol–water partition coefficient (Wildman–Crippen LogP) is 3.28. The van der Waals surface area contributed by atoms with Crippen molar-refractivity contribution >= 4 is 34.6 Å². The van der Waals surface area contributed by atoms with Gasteiger partial charge in [0.25, 0.3) is 11.6 Å². The number of anilines is 3. The van der Waals surface area contributed by atoms with Gasteiger partial charge in [-0.3, -0.25) is 19.7 Å². The van der Waals surface area contributed by atoms with Crippen molar-refractivity contribution in [1.29, 1.82) is 0 Å². The summed E-state index contributed by atoms with van der Waals surface area (Å²) in [4.78, 5) is 37.4. The molecule has 1 fully saturated rings. The van der Waals surface area contributed by atoms with E-state index in [2.05, 4.69) is 10.6 Å². The standard InChI is InChI=1S/C21H24N4O5/c1-14(2)20(26)22-15-3-5-16(6-4-15)23-21(27)18-13-17(25(28)29)7-8-19(18)24-9-11-30-12-10-24/h3-8,13-14H,9-12H2,1-2H3,(H,22,26)(H,23,27). The summed E-state index contributed by atoms with van der Waals surface area (Å²) >= 11 is 0. The van der Waals surface area contributed by atoms with E-state index in [1.165, 1.54) is 12.1 Å². The number of nitro benzene ring substituents is 1. The summed E-state index contributed by atoms with van der Waals surface area (Å²) < 4.78 is 5.35. The van der Waals surface area contributed by atoms with Gasteiger partial charge in [0.2, 0.25) is 5.91 Å². The lowest BCUT2D eigenvalue weighted by atomic mass is 10.1. The van der Waals surface area contributed by atoms with E-state index in [1.807, 2.05) is 4.90 Å². The van der Waals surface area contributed by atoms with Crippen molar-refractivity contribution in [2.24, 2.45) is 5.92 Å². The van der Waals surface area contributed by atoms with Crippen molar-refractivity contribution in [2.45, 2.75) is 13.8 Å². The number of rotatable bonds is 6. The Morgan fingerprint density at radius 3 is 2.20 bits per heavy atom. The molecule has 1 aliphatic heterocycles. The van der Waals surface area contributed by atoms with Gasteiger partial charge >= 0.3 is 0 Å². The Morgan fingerprint density at radius 2 is 1.63 bits per heavy atom. The van der Waals surface area contributed by atoms with Gasteiger partial charge in [0.15, 0.2) is 0 Å². The average Bonchev–Trinajstić information content (AvgIpc) is 2.75. The van der Waals surface area contributed by atoms with Crippen LogP contribution in [0.5, 0.6) is 0 Å². The Morgan fingerprint density at radius 1 is 1.03 bits per heavy atom. The number of nitrogens with one attached hydrogen (secondary N) is 2. The number of non-ortho nitro benzene ring substituents is 1. The first kappa shape index (κ1) is 21.3. The Kier molecular flexibility index (Phi) is 6.63. The summed E-state index contributed by atoms with van der Waals surface area (Å²) in [6, 6.07) is 11.0. The zero-order valence-electron chi connectivity index (χ0n) is 16.9. The highest BCUT2D eigenvalue weighted by molar-refractivity contribution is 6.08. The fraction of sp³-hybridized carbons (Fsp3) is 0.333. The van der Waals surface area contributed by atoms with E-state index in [0.717, 1.165) is 0 Å². The Labute approximate surface area is 174 Å². The molecule has 2 amide bonds. The lowest BCUT2D eigenvalue weighted by molar-refractivity contribution is -0.384. The highest BCUT2D eigenvalue weighted by Gasteiger charge is 2.22. The molecule has 0 unspecified atom stereocenters. The second-order valence-corrected chi connectivity index (χ2v) is 7.23. The smallest absolute Gasteiger partial charge is 0.270 e. The first-order valence-corrected chi connectivity index (χ1v) is 9.68. The van der Waals surface area contributed by atoms with Crippen LogP contribution in [0.1, 0.15) is 24.2 Å². The average molecular weight is 412 g/mol. The van der Waals surface area contributed by atoms with Crippen LogP contribution in [0.25, 0.3) is 0 Å². The van der Waals surface area contributed by atoms with E-state index < -0.39 is 10.8 Å². The van der Waals surface area contributed by atoms with Gasteiger partial charge in [0.1, 0.15) is 0 Å². The summed E-state index contributed by atoms with van der Waals surface area (Å²) in [7, 11) is 0. The third-order valence-electron chi connectivity index (χ3n) is 4.72. The summed E-state index contributed by atoms with van der Waals surface area (Å²) in [6.45, 7) is 5.86. The van der Waals surface area contributed by atoms with Crippen LogP contribution < -0.4 is 15.5 Å². The Bertz CT molecular complexity index is 937. The minimum absolute atomic E-state index is 0.0986. The summed E-state index contributed by atoms with van der Waals surface area (Å²) in [5.41, 5.74) is 1.84. The largest absolute Gasteiger partial charge is 0.378 e. The normalized spacial score (nSPS) is 13.8. The molecule has 0 spiro atoms. The van der Waals surface area contributed by atoms with Gasteiger partial charge in [-0.05, 0) is 30.3 Å². The molecule has 1 saturated heterocycles. The summed E-state index contributed by atoms with van der Waals surface area (Å²) in [6.07, 6.45) is 0. The third kappa shape index (κ3) is 5.12. The molecule has 9 nitrogen and oxygen atoms in total. The Balaban J connectivity index is 1.80. The fourth-order valence-electron chi connectivity index (χ4n) is 3.02. The van der Waals surface area contributed by atoms with Crippen LogP contribution in [0.15, 0.2) is 42.5 Å². The molecular weight excluding hydrogens is 388 g/mol. The zero-order chi connectivity index (χ0) is 21.7. The second-order valence-electron chi connectivity index (χ2n) is 7.23. The van der Waals surface area contributed by atoms with Crippen molar-refractivity contribution < 1.29 is 19.2 Å². The molecule has 0 bridgehead atoms. The monoisotopic (exact) mass is 412 g/mol. The maximum absolute atomic E-state index is 12.9. The molecule has 3 rings (SSSR count). The van der Waals surface area contributed by atoms with Crippen molar-refractivity contribution in [3.05, 3.63) is 58.1 Å². The molecule has 2 aromatic rings. The molecule has 9 heteroatoms. The van der Waals surface area contributed by atoms with Crippen LogP contribution in [-0.4, -0.2) is 43.0 Å². The van der Waals surface area contributed by atoms with Gasteiger partial charge in [-0.2, -0.15) is 0 Å². The van der Waals surface area contributed by atoms with Gasteiger partial charge < -0.3 is 20.3 Å². The van der Waals surface area contributed by atoms with Crippen molar-refractivity contribution in [2.75, 3.05) is 41.8 Å². The first-order valence-electron chi connectivity index (χ1n) is 9.68. The lowest BCUT2D eigenvalue weighted by Gasteiger charge is -2.30. The first-order chi connectivity index (χ1) is 14.3. The maximum Gasteiger partial charge on any atom is 0.270 e. The van der Waals surface area contributed by atoms with E-state index in [0.29, 0.717) is 43.4 Å². The molecule has 1 aliphatic rings. The summed E-state index contributed by atoms with van der Waals surface area (Å²) in [5.74, 6) is -0.686. The van der Waals surface area contributed by atoms with Gasteiger partial charge in [0, 0.05) is 42.5 Å². The predicted molar refractivity (Wildman–Crippen MR) is 114 cm³/mol. The fourth-order valence-corrected chi connectivity index (χ4v) is 3.02. The summed E-state index contributed by atoms with van der Waals surface area (Å²) in [5, 5.41) is 16.8. The van der Waals surface area contributed by atoms with Crippen LogP contribution in [0.3, 0.4) is 0 Å². The quantitative estimate of drug-likeness (QED) is 0.556. The number of nitrogens with zero attached hydrogens (tertiary/aromatic N) is 2. The molecule has 2 aromatic carbocycles. The highest BCUT2D eigenvalue weighted by Crippen LogP contribution is 2.27. The number of ether oxygens (including phenoxy) is 1. The number of hydrogen-bond donors (Lipinski definition) is 2. The van der Waals surface area contributed by atoms with Gasteiger partial charge in [-0.25, -0.2) is 0 Å². The number of carbonyl (C=O) groups is 2. The molecular formula is C21H24N4O5. The molecule has 0 saturated carbocycles. The number of benzene rings is 2. The minimum atomic E-state index is -0.522. The molecule has 0 atom stereocenters. The lowest BCUT2D eigenvalue weighted by Crippen LogP contribution is -2.37. The van der Waals surface area contributed by atoms with E-state index in [4.69, 9.17) is 4.74 Å². The third-order valence-corrected chi connectivity index (χ3v) is 4.72. The van der Waals surface area contributed by atoms with Crippen LogP contribution in [0, 0.1) is 16.0 Å². The highest BCUT2D eigenvalue weighted by atomic mass is 16.6. The van der Waals surface area contributed by atoms with E-state index in [-0.39, 0.29) is 23.1 Å². The van der Waals surface area contributed by atoms with Crippen LogP contribution >= 0.6 is 0 Å². The SMILES string of the molecule is CC(C)C(=O)Nc1ccc(NC(=O)c2cc([N+](=O)[O-])ccc2N2CCOCC2)cc1. The Hall–Kier alpha value is -3.46. The zero-order valence-corrected chi connectivity index (χ0v) is 16.9. The molecule has 0 aromatic heterocycles. The number of carbonyl (C=O) groups excluding carboxylic acids is 2. The van der Waals surface area contributed by atoms with E-state index >= 15 is 0 Å². The second kappa shape index (κ2) is 9.36. The maximum atomic E-state index is 12.9. The van der Waals surface area contributed by atoms with E-state index in [1.54, 1.807) is 44.2 Å². The van der Waals surface area contributed by atoms with Crippen LogP contribution in [0.4, 0.5) is 22.7 Å². The molecule has 0 aliphatic carbocycles. The van der Waals surface area contributed by atoms with Gasteiger partial charge in [-0.15, -0.1) is 0 Å². The molecule has 30 heavy (non-hydrogen) atoms. The van der Waals surface area contributed by atoms with Crippen molar-refractivity contribution in [3.8, 4) is 0 Å². The number of amides is 2. The van der Waals surface area contributed by atoms with Crippen molar-refractivity contribution in [1.82, 2.24) is 0 Å². The van der Waals surface area contributed by atoms with E-state index in [9.17, 15) is 19.7 Å². The minimum Gasteiger partial charge on any atom is -0.378 e. The van der Waals surface area contributed by atoms with Crippen LogP contribution in [0.2, 0.25) is 0 Å². The number of hydrogen-bond acceptors (Lipinski definition) is 6. The number of morpholine rings is 1. The number of nitro groups is 1. The van der Waals surface area contributed by atoms with Gasteiger partial charge in [0.05, 0.1) is 29.4 Å². The molecule has 158 valence electrons. The van der Waals surface area contributed by atoms with Crippen LogP contribution in [-0.2, 0) is 9.53 Å². The molecule has 1 heterocycles.